The summed E-state index contributed by atoms with van der Waals surface area (Å²) >= 11 is 14.4. The highest BCUT2D eigenvalue weighted by molar-refractivity contribution is 6.39. The fourth-order valence-electron chi connectivity index (χ4n) is 8.09. The van der Waals surface area contributed by atoms with Crippen LogP contribution in [0.15, 0.2) is 60.8 Å². The molecular weight excluding hydrogens is 803 g/mol. The van der Waals surface area contributed by atoms with Crippen molar-refractivity contribution in [2.24, 2.45) is 0 Å². The Kier molecular flexibility index (Phi) is 14.3. The van der Waals surface area contributed by atoms with Gasteiger partial charge in [0.1, 0.15) is 11.4 Å². The van der Waals surface area contributed by atoms with Crippen molar-refractivity contribution in [3.63, 3.8) is 0 Å². The van der Waals surface area contributed by atoms with Gasteiger partial charge in [0.25, 0.3) is 0 Å². The SMILES string of the molecule is COc1cc(-c2nccc(-c3cccc(-c4ccc(CN(C)C5CCN(C(C)=O)CC5)c(OC)n4)c3Cl)c2Cl)ccc1CN(C(=O)OC(C)(C)C)C1CCN(C(C)=O)CC1. The average Bonchev–Trinajstić information content (AvgIpc) is 3.22. The van der Waals surface area contributed by atoms with Gasteiger partial charge in [0.2, 0.25) is 17.7 Å². The number of ether oxygens (including phenoxy) is 3. The number of likely N-dealkylation sites (tertiary alicyclic amines) is 2. The Morgan fingerprint density at radius 1 is 0.767 bits per heavy atom. The molecule has 320 valence electrons. The highest BCUT2D eigenvalue weighted by atomic mass is 35.5. The van der Waals surface area contributed by atoms with Crippen molar-refractivity contribution in [3.05, 3.63) is 82.0 Å². The first-order valence-corrected chi connectivity index (χ1v) is 21.2. The van der Waals surface area contributed by atoms with Crippen LogP contribution >= 0.6 is 23.2 Å². The summed E-state index contributed by atoms with van der Waals surface area (Å²) in [5.74, 6) is 1.25. The van der Waals surface area contributed by atoms with Gasteiger partial charge in [0, 0.05) is 98.2 Å². The molecule has 0 saturated carbocycles. The van der Waals surface area contributed by atoms with Gasteiger partial charge in [-0.15, -0.1) is 0 Å². The van der Waals surface area contributed by atoms with E-state index >= 15 is 0 Å². The maximum Gasteiger partial charge on any atom is 0.410 e. The summed E-state index contributed by atoms with van der Waals surface area (Å²) in [4.78, 5) is 54.8. The van der Waals surface area contributed by atoms with Crippen molar-refractivity contribution in [2.45, 2.75) is 91.1 Å². The third kappa shape index (κ3) is 10.3. The number of pyridine rings is 2. The van der Waals surface area contributed by atoms with Crippen molar-refractivity contribution in [1.82, 2.24) is 29.6 Å². The topological polar surface area (TPSA) is 118 Å². The van der Waals surface area contributed by atoms with Gasteiger partial charge >= 0.3 is 6.09 Å². The van der Waals surface area contributed by atoms with E-state index in [2.05, 4.69) is 16.9 Å². The predicted molar refractivity (Wildman–Crippen MR) is 235 cm³/mol. The molecule has 6 rings (SSSR count). The zero-order chi connectivity index (χ0) is 43.3. The van der Waals surface area contributed by atoms with Gasteiger partial charge in [0.05, 0.1) is 42.2 Å². The predicted octanol–water partition coefficient (Wildman–Crippen LogP) is 8.99. The van der Waals surface area contributed by atoms with E-state index in [1.54, 1.807) is 39.2 Å². The van der Waals surface area contributed by atoms with Gasteiger partial charge in [-0.2, -0.15) is 0 Å². The van der Waals surface area contributed by atoms with Crippen LogP contribution in [-0.2, 0) is 27.4 Å². The fourth-order valence-corrected chi connectivity index (χ4v) is 8.74. The standard InChI is InChI=1S/C46H56Cl2N6O6/c1-29(55)52-22-17-34(18-23-52)51(6)27-33-14-15-39(50-44(33)59-8)38-11-9-10-36(41(38)47)37-16-21-49-43(42(37)48)31-12-13-32(40(26-31)58-7)28-54(45(57)60-46(3,4)5)35-19-24-53(25-20-35)30(2)56/h9-16,21,26,34-35H,17-20,22-25,27-28H2,1-8H3. The molecule has 2 aromatic carbocycles. The smallest absolute Gasteiger partial charge is 0.410 e. The first-order valence-electron chi connectivity index (χ1n) is 20.4. The van der Waals surface area contributed by atoms with Crippen LogP contribution in [0.5, 0.6) is 11.6 Å². The molecule has 2 aliphatic heterocycles. The van der Waals surface area contributed by atoms with E-state index in [0.29, 0.717) is 77.1 Å². The zero-order valence-electron chi connectivity index (χ0n) is 35.9. The molecule has 0 unspecified atom stereocenters. The summed E-state index contributed by atoms with van der Waals surface area (Å²) in [5.41, 5.74) is 5.15. The Labute approximate surface area is 363 Å². The molecule has 0 spiro atoms. The van der Waals surface area contributed by atoms with Crippen LogP contribution in [-0.4, -0.2) is 113 Å². The summed E-state index contributed by atoms with van der Waals surface area (Å²) in [7, 11) is 5.32. The minimum atomic E-state index is -0.679. The third-order valence-corrected chi connectivity index (χ3v) is 12.2. The van der Waals surface area contributed by atoms with E-state index in [4.69, 9.17) is 42.4 Å². The number of amides is 3. The zero-order valence-corrected chi connectivity index (χ0v) is 37.4. The Hall–Kier alpha value is -4.91. The quantitative estimate of drug-likeness (QED) is 0.146. The molecule has 2 saturated heterocycles. The number of benzene rings is 2. The second-order valence-corrected chi connectivity index (χ2v) is 17.3. The molecule has 14 heteroatoms. The fraction of sp³-hybridized carbons (Fsp3) is 0.457. The minimum Gasteiger partial charge on any atom is -0.496 e. The number of methoxy groups -OCH3 is 2. The lowest BCUT2D eigenvalue weighted by Crippen LogP contribution is -2.49. The van der Waals surface area contributed by atoms with Crippen LogP contribution in [0, 0.1) is 0 Å². The van der Waals surface area contributed by atoms with Gasteiger partial charge < -0.3 is 28.9 Å². The van der Waals surface area contributed by atoms with Gasteiger partial charge in [-0.05, 0) is 71.7 Å². The average molecular weight is 860 g/mol. The van der Waals surface area contributed by atoms with Crippen LogP contribution < -0.4 is 9.47 Å². The van der Waals surface area contributed by atoms with E-state index in [0.717, 1.165) is 53.7 Å². The lowest BCUT2D eigenvalue weighted by Gasteiger charge is -2.39. The monoisotopic (exact) mass is 858 g/mol. The van der Waals surface area contributed by atoms with E-state index in [9.17, 15) is 14.4 Å². The molecule has 0 bridgehead atoms. The molecular formula is C46H56Cl2N6O6. The second-order valence-electron chi connectivity index (χ2n) is 16.6. The van der Waals surface area contributed by atoms with Crippen molar-refractivity contribution in [2.75, 3.05) is 47.4 Å². The molecule has 2 fully saturated rings. The molecule has 0 radical (unpaired) electrons. The Morgan fingerprint density at radius 2 is 1.37 bits per heavy atom. The summed E-state index contributed by atoms with van der Waals surface area (Å²) in [6.45, 7) is 12.3. The van der Waals surface area contributed by atoms with Crippen LogP contribution in [0.1, 0.15) is 71.4 Å². The normalized spacial score (nSPS) is 15.2. The number of halogens is 2. The van der Waals surface area contributed by atoms with Crippen LogP contribution in [0.3, 0.4) is 0 Å². The summed E-state index contributed by atoms with van der Waals surface area (Å²) < 4.78 is 17.5. The van der Waals surface area contributed by atoms with Crippen molar-refractivity contribution >= 4 is 41.1 Å². The number of piperidine rings is 2. The van der Waals surface area contributed by atoms with Crippen molar-refractivity contribution in [3.8, 4) is 45.3 Å². The minimum absolute atomic E-state index is 0.0311. The largest absolute Gasteiger partial charge is 0.496 e. The lowest BCUT2D eigenvalue weighted by molar-refractivity contribution is -0.131. The molecule has 0 aliphatic carbocycles. The Balaban J connectivity index is 1.24. The van der Waals surface area contributed by atoms with Gasteiger partial charge in [0.15, 0.2) is 0 Å². The van der Waals surface area contributed by atoms with Crippen molar-refractivity contribution < 1.29 is 28.6 Å². The second kappa shape index (κ2) is 19.2. The van der Waals surface area contributed by atoms with E-state index in [1.807, 2.05) is 85.2 Å². The highest BCUT2D eigenvalue weighted by Gasteiger charge is 2.33. The number of hydrogen-bond acceptors (Lipinski definition) is 9. The van der Waals surface area contributed by atoms with Crippen LogP contribution in [0.2, 0.25) is 10.0 Å². The number of hydrogen-bond donors (Lipinski definition) is 0. The van der Waals surface area contributed by atoms with E-state index in [-0.39, 0.29) is 24.4 Å². The summed E-state index contributed by atoms with van der Waals surface area (Å²) in [6.07, 6.45) is 4.42. The number of aromatic nitrogens is 2. The van der Waals surface area contributed by atoms with Crippen LogP contribution in [0.25, 0.3) is 33.6 Å². The molecule has 0 N–H and O–H groups in total. The molecule has 0 atom stereocenters. The molecule has 2 aromatic heterocycles. The molecule has 12 nitrogen and oxygen atoms in total. The number of rotatable bonds is 11. The maximum atomic E-state index is 13.6. The van der Waals surface area contributed by atoms with Gasteiger partial charge in [-0.3, -0.25) is 19.5 Å². The number of carbonyl (C=O) groups excluding carboxylic acids is 3. The first kappa shape index (κ1) is 44.6. The lowest BCUT2D eigenvalue weighted by atomic mass is 9.98. The molecule has 4 heterocycles. The summed E-state index contributed by atoms with van der Waals surface area (Å²) in [5, 5.41) is 0.898. The van der Waals surface area contributed by atoms with Gasteiger partial charge in [-0.1, -0.05) is 59.6 Å². The van der Waals surface area contributed by atoms with Crippen molar-refractivity contribution in [1.29, 1.82) is 0 Å². The highest BCUT2D eigenvalue weighted by Crippen LogP contribution is 2.42. The molecule has 60 heavy (non-hydrogen) atoms. The summed E-state index contributed by atoms with van der Waals surface area (Å²) in [6, 6.07) is 17.6. The molecule has 3 amide bonds. The first-order chi connectivity index (χ1) is 28.6. The molecule has 4 aromatic rings. The molecule has 2 aliphatic rings. The van der Waals surface area contributed by atoms with Crippen LogP contribution in [0.4, 0.5) is 4.79 Å². The Bertz CT molecular complexity index is 2200. The third-order valence-electron chi connectivity index (χ3n) is 11.4. The maximum absolute atomic E-state index is 13.6. The van der Waals surface area contributed by atoms with E-state index in [1.165, 1.54) is 0 Å². The van der Waals surface area contributed by atoms with Gasteiger partial charge in [-0.25, -0.2) is 9.78 Å². The Morgan fingerprint density at radius 3 is 1.97 bits per heavy atom. The van der Waals surface area contributed by atoms with E-state index < -0.39 is 11.7 Å². The number of carbonyl (C=O) groups is 3. The number of nitrogens with zero attached hydrogens (tertiary/aromatic N) is 6.